The van der Waals surface area contributed by atoms with Gasteiger partial charge in [-0.15, -0.1) is 11.3 Å². The Morgan fingerprint density at radius 1 is 1.39 bits per heavy atom. The van der Waals surface area contributed by atoms with Gasteiger partial charge >= 0.3 is 0 Å². The van der Waals surface area contributed by atoms with Gasteiger partial charge in [-0.1, -0.05) is 23.7 Å². The minimum Gasteiger partial charge on any atom is -0.389 e. The lowest BCUT2D eigenvalue weighted by molar-refractivity contribution is 0.199. The lowest BCUT2D eigenvalue weighted by Crippen LogP contribution is -2.15. The Kier molecular flexibility index (Phi) is 4.27. The predicted octanol–water partition coefficient (Wildman–Crippen LogP) is 4.09. The number of benzene rings is 1. The highest BCUT2D eigenvalue weighted by molar-refractivity contribution is 7.09. The smallest absolute Gasteiger partial charge is 0.0776 e. The highest BCUT2D eigenvalue weighted by Crippen LogP contribution is 2.28. The Balaban J connectivity index is 2.16. The van der Waals surface area contributed by atoms with Crippen molar-refractivity contribution in [3.63, 3.8) is 0 Å². The summed E-state index contributed by atoms with van der Waals surface area (Å²) in [5, 5.41) is 12.2. The van der Waals surface area contributed by atoms with E-state index >= 15 is 0 Å². The molecule has 1 aromatic heterocycles. The van der Waals surface area contributed by atoms with Crippen LogP contribution in [0.4, 0.5) is 5.69 Å². The van der Waals surface area contributed by atoms with Gasteiger partial charge in [0, 0.05) is 22.6 Å². The van der Waals surface area contributed by atoms with E-state index in [2.05, 4.69) is 22.4 Å². The van der Waals surface area contributed by atoms with E-state index in [0.29, 0.717) is 5.02 Å². The van der Waals surface area contributed by atoms with E-state index in [1.54, 1.807) is 18.3 Å². The third-order valence-electron chi connectivity index (χ3n) is 2.85. The molecule has 18 heavy (non-hydrogen) atoms. The van der Waals surface area contributed by atoms with Crippen LogP contribution in [0.5, 0.6) is 0 Å². The Morgan fingerprint density at radius 3 is 2.72 bits per heavy atom. The number of aliphatic hydroxyl groups is 1. The third kappa shape index (κ3) is 3.05. The van der Waals surface area contributed by atoms with Crippen molar-refractivity contribution < 1.29 is 5.11 Å². The fourth-order valence-electron chi connectivity index (χ4n) is 1.82. The van der Waals surface area contributed by atoms with Gasteiger partial charge in [0.05, 0.1) is 12.6 Å². The summed E-state index contributed by atoms with van der Waals surface area (Å²) in [6.45, 7) is 2.58. The first kappa shape index (κ1) is 13.4. The van der Waals surface area contributed by atoms with Crippen LogP contribution in [0.3, 0.4) is 0 Å². The largest absolute Gasteiger partial charge is 0.389 e. The van der Waals surface area contributed by atoms with Crippen LogP contribution in [0.25, 0.3) is 0 Å². The molecule has 2 nitrogen and oxygen atoms in total. The first-order chi connectivity index (χ1) is 8.58. The van der Waals surface area contributed by atoms with Crippen LogP contribution < -0.4 is 4.90 Å². The van der Waals surface area contributed by atoms with Gasteiger partial charge in [-0.05, 0) is 36.1 Å². The number of aliphatic hydroxyl groups excluding tert-OH is 1. The van der Waals surface area contributed by atoms with E-state index in [0.717, 1.165) is 17.8 Å². The molecule has 0 aliphatic carbocycles. The van der Waals surface area contributed by atoms with Gasteiger partial charge in [0.25, 0.3) is 0 Å². The zero-order chi connectivity index (χ0) is 13.1. The SMILES string of the molecule is CC(O)c1ccc(N(C)Cc2cccs2)cc1Cl. The summed E-state index contributed by atoms with van der Waals surface area (Å²) in [6, 6.07) is 9.94. The molecule has 0 aliphatic rings. The number of anilines is 1. The number of hydrogen-bond acceptors (Lipinski definition) is 3. The third-order valence-corrected chi connectivity index (χ3v) is 4.04. The number of thiophene rings is 1. The van der Waals surface area contributed by atoms with E-state index in [-0.39, 0.29) is 0 Å². The molecule has 0 spiro atoms. The second-order valence-electron chi connectivity index (χ2n) is 4.32. The maximum atomic E-state index is 9.55. The summed E-state index contributed by atoms with van der Waals surface area (Å²) < 4.78 is 0. The van der Waals surface area contributed by atoms with E-state index in [1.807, 2.05) is 25.2 Å². The van der Waals surface area contributed by atoms with Crippen molar-refractivity contribution in [2.75, 3.05) is 11.9 Å². The highest BCUT2D eigenvalue weighted by Gasteiger charge is 2.09. The molecular formula is C14H16ClNOS. The molecule has 2 aromatic rings. The molecule has 96 valence electrons. The Bertz CT molecular complexity index is 511. The molecule has 0 aliphatic heterocycles. The molecule has 1 heterocycles. The van der Waals surface area contributed by atoms with Crippen LogP contribution >= 0.6 is 22.9 Å². The molecule has 2 rings (SSSR count). The predicted molar refractivity (Wildman–Crippen MR) is 78.5 cm³/mol. The lowest BCUT2D eigenvalue weighted by Gasteiger charge is -2.20. The molecule has 1 unspecified atom stereocenters. The van der Waals surface area contributed by atoms with Gasteiger partial charge in [-0.2, -0.15) is 0 Å². The average molecular weight is 282 g/mol. The van der Waals surface area contributed by atoms with Crippen LogP contribution in [0, 0.1) is 0 Å². The first-order valence-corrected chi connectivity index (χ1v) is 7.04. The Hall–Kier alpha value is -1.03. The molecule has 1 atom stereocenters. The molecule has 1 aromatic carbocycles. The van der Waals surface area contributed by atoms with Gasteiger partial charge in [-0.25, -0.2) is 0 Å². The summed E-state index contributed by atoms with van der Waals surface area (Å²) in [6.07, 6.45) is -0.533. The van der Waals surface area contributed by atoms with Gasteiger partial charge in [0.2, 0.25) is 0 Å². The van der Waals surface area contributed by atoms with E-state index < -0.39 is 6.10 Å². The molecule has 0 bridgehead atoms. The van der Waals surface area contributed by atoms with Crippen molar-refractivity contribution in [2.45, 2.75) is 19.6 Å². The quantitative estimate of drug-likeness (QED) is 0.912. The second kappa shape index (κ2) is 5.74. The summed E-state index contributed by atoms with van der Waals surface area (Å²) in [4.78, 5) is 3.46. The minimum atomic E-state index is -0.533. The van der Waals surface area contributed by atoms with Gasteiger partial charge in [0.1, 0.15) is 0 Å². The average Bonchev–Trinajstić information content (AvgIpc) is 2.81. The van der Waals surface area contributed by atoms with E-state index in [9.17, 15) is 5.11 Å². The second-order valence-corrected chi connectivity index (χ2v) is 5.76. The van der Waals surface area contributed by atoms with Gasteiger partial charge < -0.3 is 10.0 Å². The monoisotopic (exact) mass is 281 g/mol. The van der Waals surface area contributed by atoms with Gasteiger partial charge in [-0.3, -0.25) is 0 Å². The Morgan fingerprint density at radius 2 is 2.17 bits per heavy atom. The summed E-state index contributed by atoms with van der Waals surface area (Å²) >= 11 is 7.91. The number of rotatable bonds is 4. The van der Waals surface area contributed by atoms with Crippen molar-refractivity contribution in [3.05, 3.63) is 51.2 Å². The van der Waals surface area contributed by atoms with Gasteiger partial charge in [0.15, 0.2) is 0 Å². The molecule has 4 heteroatoms. The minimum absolute atomic E-state index is 0.533. The molecule has 0 saturated carbocycles. The first-order valence-electron chi connectivity index (χ1n) is 5.79. The topological polar surface area (TPSA) is 23.5 Å². The van der Waals surface area contributed by atoms with E-state index in [4.69, 9.17) is 11.6 Å². The zero-order valence-electron chi connectivity index (χ0n) is 10.4. The van der Waals surface area contributed by atoms with Crippen molar-refractivity contribution in [2.24, 2.45) is 0 Å². The maximum Gasteiger partial charge on any atom is 0.0776 e. The van der Waals surface area contributed by atoms with Crippen molar-refractivity contribution >= 4 is 28.6 Å². The van der Waals surface area contributed by atoms with Crippen LogP contribution in [-0.4, -0.2) is 12.2 Å². The van der Waals surface area contributed by atoms with E-state index in [1.165, 1.54) is 4.88 Å². The molecule has 0 fully saturated rings. The molecular weight excluding hydrogens is 266 g/mol. The van der Waals surface area contributed by atoms with Crippen LogP contribution in [-0.2, 0) is 6.54 Å². The van der Waals surface area contributed by atoms with Crippen molar-refractivity contribution in [3.8, 4) is 0 Å². The van der Waals surface area contributed by atoms with Crippen LogP contribution in [0.1, 0.15) is 23.5 Å². The van der Waals surface area contributed by atoms with Crippen molar-refractivity contribution in [1.82, 2.24) is 0 Å². The molecule has 0 radical (unpaired) electrons. The maximum absolute atomic E-state index is 9.55. The van der Waals surface area contributed by atoms with Crippen molar-refractivity contribution in [1.29, 1.82) is 0 Å². The molecule has 1 N–H and O–H groups in total. The lowest BCUT2D eigenvalue weighted by atomic mass is 10.1. The number of hydrogen-bond donors (Lipinski definition) is 1. The number of halogens is 1. The summed E-state index contributed by atoms with van der Waals surface area (Å²) in [7, 11) is 2.04. The van der Waals surface area contributed by atoms with Crippen LogP contribution in [0.15, 0.2) is 35.7 Å². The highest BCUT2D eigenvalue weighted by atomic mass is 35.5. The summed E-state index contributed by atoms with van der Waals surface area (Å²) in [5.74, 6) is 0. The fraction of sp³-hybridized carbons (Fsp3) is 0.286. The fourth-order valence-corrected chi connectivity index (χ4v) is 2.91. The molecule has 0 saturated heterocycles. The normalized spacial score (nSPS) is 12.4. The molecule has 0 amide bonds. The zero-order valence-corrected chi connectivity index (χ0v) is 12.0. The number of nitrogens with zero attached hydrogens (tertiary/aromatic N) is 1. The Labute approximate surface area is 116 Å². The summed E-state index contributed by atoms with van der Waals surface area (Å²) in [5.41, 5.74) is 1.82. The van der Waals surface area contributed by atoms with Crippen LogP contribution in [0.2, 0.25) is 5.02 Å². The standard InChI is InChI=1S/C14H16ClNOS/c1-10(17)13-6-5-11(8-14(13)15)16(2)9-12-4-3-7-18-12/h3-8,10,17H,9H2,1-2H3.